The van der Waals surface area contributed by atoms with E-state index in [0.717, 1.165) is 5.69 Å². The van der Waals surface area contributed by atoms with Gasteiger partial charge in [-0.1, -0.05) is 25.9 Å². The Hall–Kier alpha value is -2.26. The summed E-state index contributed by atoms with van der Waals surface area (Å²) >= 11 is 0. The van der Waals surface area contributed by atoms with Crippen molar-refractivity contribution >= 4 is 11.8 Å². The molecule has 9 heteroatoms. The topological polar surface area (TPSA) is 98.3 Å². The number of ether oxygens (including phenoxy) is 1. The van der Waals surface area contributed by atoms with E-state index in [2.05, 4.69) is 25.5 Å². The van der Waals surface area contributed by atoms with Crippen LogP contribution in [0.1, 0.15) is 26.5 Å². The van der Waals surface area contributed by atoms with Crippen LogP contribution in [0, 0.1) is 0 Å². The maximum Gasteiger partial charge on any atom is 0.240 e. The van der Waals surface area contributed by atoms with Crippen LogP contribution in [-0.2, 0) is 21.5 Å². The van der Waals surface area contributed by atoms with Gasteiger partial charge in [0.2, 0.25) is 11.8 Å². The third kappa shape index (κ3) is 4.86. The fourth-order valence-corrected chi connectivity index (χ4v) is 2.64. The minimum Gasteiger partial charge on any atom is -0.374 e. The highest BCUT2D eigenvalue weighted by molar-refractivity contribution is 5.91. The van der Waals surface area contributed by atoms with Crippen molar-refractivity contribution in [2.45, 2.75) is 38.8 Å². The molecule has 1 N–H and O–H groups in total. The smallest absolute Gasteiger partial charge is 0.240 e. The Morgan fingerprint density at radius 1 is 1.44 bits per heavy atom. The van der Waals surface area contributed by atoms with Crippen LogP contribution >= 0.6 is 0 Å². The molecule has 3 rings (SSSR count). The van der Waals surface area contributed by atoms with Crippen LogP contribution in [0.5, 0.6) is 0 Å². The first-order chi connectivity index (χ1) is 11.9. The van der Waals surface area contributed by atoms with Gasteiger partial charge in [-0.15, -0.1) is 0 Å². The first kappa shape index (κ1) is 17.6. The summed E-state index contributed by atoms with van der Waals surface area (Å²) in [7, 11) is 0. The minimum absolute atomic E-state index is 0.0129. The Labute approximate surface area is 146 Å². The first-order valence-electron chi connectivity index (χ1n) is 8.33. The van der Waals surface area contributed by atoms with Crippen LogP contribution in [0.15, 0.2) is 23.2 Å². The van der Waals surface area contributed by atoms with E-state index in [0.29, 0.717) is 32.1 Å². The number of anilines is 1. The van der Waals surface area contributed by atoms with E-state index in [-0.39, 0.29) is 24.0 Å². The molecule has 0 radical (unpaired) electrons. The van der Waals surface area contributed by atoms with Crippen molar-refractivity contribution in [2.24, 2.45) is 0 Å². The summed E-state index contributed by atoms with van der Waals surface area (Å²) in [6.45, 7) is 8.99. The van der Waals surface area contributed by atoms with Gasteiger partial charge in [-0.25, -0.2) is 4.98 Å². The van der Waals surface area contributed by atoms with Gasteiger partial charge in [0.15, 0.2) is 0 Å². The van der Waals surface area contributed by atoms with Crippen LogP contribution < -0.4 is 5.32 Å². The number of hydrogen-bond acceptors (Lipinski definition) is 7. The molecule has 3 heterocycles. The van der Waals surface area contributed by atoms with Gasteiger partial charge in [-0.3, -0.25) is 19.7 Å². The Morgan fingerprint density at radius 3 is 2.96 bits per heavy atom. The zero-order chi connectivity index (χ0) is 17.9. The number of carbonyl (C=O) groups is 1. The zero-order valence-corrected chi connectivity index (χ0v) is 14.8. The lowest BCUT2D eigenvalue weighted by molar-refractivity contribution is -0.119. The van der Waals surface area contributed by atoms with Crippen molar-refractivity contribution < 1.29 is 14.1 Å². The SMILES string of the molecule is CC(C)(C)c1cc(NC(=O)CN2CCO[C@@H](Cn3cncn3)C2)on1. The maximum atomic E-state index is 12.3. The summed E-state index contributed by atoms with van der Waals surface area (Å²) in [6.07, 6.45) is 3.14. The number of hydrogen-bond donors (Lipinski definition) is 1. The maximum absolute atomic E-state index is 12.3. The largest absolute Gasteiger partial charge is 0.374 e. The molecule has 1 atom stereocenters. The average molecular weight is 348 g/mol. The zero-order valence-electron chi connectivity index (χ0n) is 14.8. The van der Waals surface area contributed by atoms with E-state index >= 15 is 0 Å². The summed E-state index contributed by atoms with van der Waals surface area (Å²) in [5.41, 5.74) is 0.688. The van der Waals surface area contributed by atoms with Crippen molar-refractivity contribution in [1.82, 2.24) is 24.8 Å². The number of nitrogens with one attached hydrogen (secondary N) is 1. The highest BCUT2D eigenvalue weighted by atomic mass is 16.5. The predicted octanol–water partition coefficient (Wildman–Crippen LogP) is 0.903. The van der Waals surface area contributed by atoms with Crippen molar-refractivity contribution in [1.29, 1.82) is 0 Å². The van der Waals surface area contributed by atoms with Gasteiger partial charge < -0.3 is 9.26 Å². The Bertz CT molecular complexity index is 691. The molecule has 0 bridgehead atoms. The number of rotatable bonds is 5. The molecule has 0 saturated carbocycles. The second-order valence-electron chi connectivity index (χ2n) is 7.22. The number of aromatic nitrogens is 4. The highest BCUT2D eigenvalue weighted by Gasteiger charge is 2.24. The van der Waals surface area contributed by atoms with E-state index in [4.69, 9.17) is 9.26 Å². The quantitative estimate of drug-likeness (QED) is 0.857. The van der Waals surface area contributed by atoms with E-state index in [9.17, 15) is 4.79 Å². The lowest BCUT2D eigenvalue weighted by Gasteiger charge is -2.32. The van der Waals surface area contributed by atoms with Crippen LogP contribution in [0.4, 0.5) is 5.88 Å². The van der Waals surface area contributed by atoms with Gasteiger partial charge in [0.1, 0.15) is 12.7 Å². The molecule has 25 heavy (non-hydrogen) atoms. The van der Waals surface area contributed by atoms with Crippen molar-refractivity contribution in [3.63, 3.8) is 0 Å². The monoisotopic (exact) mass is 348 g/mol. The fraction of sp³-hybridized carbons (Fsp3) is 0.625. The van der Waals surface area contributed by atoms with Crippen molar-refractivity contribution in [3.8, 4) is 0 Å². The van der Waals surface area contributed by atoms with Gasteiger partial charge >= 0.3 is 0 Å². The summed E-state index contributed by atoms with van der Waals surface area (Å²) in [5, 5.41) is 10.8. The highest BCUT2D eigenvalue weighted by Crippen LogP contribution is 2.23. The Balaban J connectivity index is 1.49. The molecule has 1 saturated heterocycles. The van der Waals surface area contributed by atoms with Gasteiger partial charge in [-0.05, 0) is 0 Å². The van der Waals surface area contributed by atoms with Gasteiger partial charge in [0.25, 0.3) is 0 Å². The summed E-state index contributed by atoms with van der Waals surface area (Å²) in [6, 6.07) is 1.77. The van der Waals surface area contributed by atoms with E-state index in [1.54, 1.807) is 17.1 Å². The molecular weight excluding hydrogens is 324 g/mol. The minimum atomic E-state index is -0.127. The third-order valence-electron chi connectivity index (χ3n) is 3.99. The van der Waals surface area contributed by atoms with Crippen molar-refractivity contribution in [2.75, 3.05) is 31.6 Å². The molecule has 1 aliphatic heterocycles. The molecule has 0 spiro atoms. The molecule has 0 unspecified atom stereocenters. The fourth-order valence-electron chi connectivity index (χ4n) is 2.64. The van der Waals surface area contributed by atoms with Crippen molar-refractivity contribution in [3.05, 3.63) is 24.4 Å². The molecule has 9 nitrogen and oxygen atoms in total. The van der Waals surface area contributed by atoms with Gasteiger partial charge in [0, 0.05) is 24.6 Å². The lowest BCUT2D eigenvalue weighted by Crippen LogP contribution is -2.47. The lowest BCUT2D eigenvalue weighted by atomic mass is 9.92. The van der Waals surface area contributed by atoms with Crippen LogP contribution in [0.3, 0.4) is 0 Å². The molecule has 136 valence electrons. The molecule has 1 fully saturated rings. The molecule has 2 aromatic rings. The summed E-state index contributed by atoms with van der Waals surface area (Å²) in [5.74, 6) is 0.250. The normalized spacial score (nSPS) is 19.1. The molecule has 1 amide bonds. The third-order valence-corrected chi connectivity index (χ3v) is 3.99. The van der Waals surface area contributed by atoms with Crippen LogP contribution in [0.25, 0.3) is 0 Å². The van der Waals surface area contributed by atoms with Crippen LogP contribution in [-0.4, -0.2) is 63.1 Å². The molecule has 2 aromatic heterocycles. The molecule has 0 aliphatic carbocycles. The van der Waals surface area contributed by atoms with Gasteiger partial charge in [-0.2, -0.15) is 5.10 Å². The number of carbonyl (C=O) groups excluding carboxylic acids is 1. The molecule has 1 aliphatic rings. The van der Waals surface area contributed by atoms with Crippen LogP contribution in [0.2, 0.25) is 0 Å². The Kier molecular flexibility index (Phi) is 5.14. The number of nitrogens with zero attached hydrogens (tertiary/aromatic N) is 5. The second-order valence-corrected chi connectivity index (χ2v) is 7.22. The number of amides is 1. The summed E-state index contributed by atoms with van der Waals surface area (Å²) < 4.78 is 12.7. The summed E-state index contributed by atoms with van der Waals surface area (Å²) in [4.78, 5) is 18.2. The Morgan fingerprint density at radius 2 is 2.28 bits per heavy atom. The number of morpholine rings is 1. The van der Waals surface area contributed by atoms with Gasteiger partial charge in [0.05, 0.1) is 31.5 Å². The predicted molar refractivity (Wildman–Crippen MR) is 90.0 cm³/mol. The molecular formula is C16H24N6O3. The first-order valence-corrected chi connectivity index (χ1v) is 8.33. The average Bonchev–Trinajstić information content (AvgIpc) is 3.18. The molecule has 0 aromatic carbocycles. The second kappa shape index (κ2) is 7.32. The van der Waals surface area contributed by atoms with E-state index in [1.165, 1.54) is 6.33 Å². The van der Waals surface area contributed by atoms with E-state index in [1.807, 2.05) is 20.8 Å². The standard InChI is InChI=1S/C16H24N6O3/c1-16(2,3)13-6-15(25-20-13)19-14(23)9-21-4-5-24-12(7-21)8-22-11-17-10-18-22/h6,10-12H,4-5,7-9H2,1-3H3,(H,19,23)/t12-/m1/s1. The van der Waals surface area contributed by atoms with E-state index < -0.39 is 0 Å².